The Bertz CT molecular complexity index is 665. The van der Waals surface area contributed by atoms with Gasteiger partial charge in [0.1, 0.15) is 11.5 Å². The largest absolute Gasteiger partial charge is 0.364 e. The monoisotopic (exact) mass is 322 g/mol. The fourth-order valence-electron chi connectivity index (χ4n) is 2.63. The van der Waals surface area contributed by atoms with Crippen LogP contribution in [0.1, 0.15) is 6.42 Å². The highest BCUT2D eigenvalue weighted by Gasteiger charge is 2.23. The maximum atomic E-state index is 13.3. The Morgan fingerprint density at radius 1 is 1.23 bits per heavy atom. The number of thiazole rings is 1. The third kappa shape index (κ3) is 3.01. The summed E-state index contributed by atoms with van der Waals surface area (Å²) < 4.78 is 13.3. The molecule has 3 rings (SSSR count). The highest BCUT2D eigenvalue weighted by Crippen LogP contribution is 2.30. The number of nitrogens with zero attached hydrogens (tertiary/aromatic N) is 4. The molecule has 0 N–H and O–H groups in total. The Labute approximate surface area is 131 Å². The van der Waals surface area contributed by atoms with Gasteiger partial charge in [0.15, 0.2) is 5.13 Å². The lowest BCUT2D eigenvalue weighted by Crippen LogP contribution is -2.31. The van der Waals surface area contributed by atoms with E-state index in [4.69, 9.17) is 0 Å². The van der Waals surface area contributed by atoms with E-state index in [2.05, 4.69) is 9.88 Å². The van der Waals surface area contributed by atoms with Crippen molar-refractivity contribution in [2.45, 2.75) is 6.42 Å². The van der Waals surface area contributed by atoms with Crippen LogP contribution >= 0.6 is 11.3 Å². The Morgan fingerprint density at radius 2 is 2.00 bits per heavy atom. The molecule has 0 radical (unpaired) electrons. The summed E-state index contributed by atoms with van der Waals surface area (Å²) in [5, 5.41) is 14.0. The third-order valence-electron chi connectivity index (χ3n) is 3.66. The van der Waals surface area contributed by atoms with Gasteiger partial charge in [-0.15, -0.1) is 11.3 Å². The summed E-state index contributed by atoms with van der Waals surface area (Å²) in [6.45, 7) is 2.95. The van der Waals surface area contributed by atoms with Crippen LogP contribution in [0.25, 0.3) is 0 Å². The fourth-order valence-corrected chi connectivity index (χ4v) is 3.33. The van der Waals surface area contributed by atoms with Gasteiger partial charge in [-0.1, -0.05) is 0 Å². The summed E-state index contributed by atoms with van der Waals surface area (Å²) in [7, 11) is 0. The van der Waals surface area contributed by atoms with Crippen LogP contribution in [0.15, 0.2) is 29.8 Å². The van der Waals surface area contributed by atoms with E-state index in [1.165, 1.54) is 12.1 Å². The SMILES string of the molecule is O=[N+]([O-])c1cc(F)ccc1N1CCCN(c2nccs2)CC1. The highest BCUT2D eigenvalue weighted by molar-refractivity contribution is 7.13. The van der Waals surface area contributed by atoms with Crippen LogP contribution in [-0.4, -0.2) is 36.1 Å². The van der Waals surface area contributed by atoms with Crippen molar-refractivity contribution in [2.75, 3.05) is 36.0 Å². The van der Waals surface area contributed by atoms with Gasteiger partial charge in [-0.05, 0) is 18.6 Å². The first-order chi connectivity index (χ1) is 10.6. The molecule has 1 aromatic heterocycles. The second-order valence-electron chi connectivity index (χ2n) is 5.03. The van der Waals surface area contributed by atoms with E-state index in [-0.39, 0.29) is 5.69 Å². The lowest BCUT2D eigenvalue weighted by molar-refractivity contribution is -0.384. The van der Waals surface area contributed by atoms with Crippen molar-refractivity contribution >= 4 is 27.8 Å². The number of rotatable bonds is 3. The average molecular weight is 322 g/mol. The van der Waals surface area contributed by atoms with Crippen LogP contribution in [0.3, 0.4) is 0 Å². The molecule has 0 saturated carbocycles. The molecule has 1 aromatic carbocycles. The van der Waals surface area contributed by atoms with Gasteiger partial charge >= 0.3 is 0 Å². The van der Waals surface area contributed by atoms with Gasteiger partial charge in [0.2, 0.25) is 0 Å². The molecular formula is C14H15FN4O2S. The molecule has 1 aliphatic rings. The zero-order chi connectivity index (χ0) is 15.5. The number of hydrogen-bond donors (Lipinski definition) is 0. The zero-order valence-corrected chi connectivity index (χ0v) is 12.6. The topological polar surface area (TPSA) is 62.5 Å². The Kier molecular flexibility index (Phi) is 4.19. The van der Waals surface area contributed by atoms with Gasteiger partial charge in [0.05, 0.1) is 11.0 Å². The first kappa shape index (κ1) is 14.7. The first-order valence-electron chi connectivity index (χ1n) is 6.98. The number of anilines is 2. The van der Waals surface area contributed by atoms with E-state index < -0.39 is 10.7 Å². The minimum Gasteiger partial charge on any atom is -0.364 e. The van der Waals surface area contributed by atoms with Gasteiger partial charge in [-0.3, -0.25) is 10.1 Å². The van der Waals surface area contributed by atoms with Crippen LogP contribution in [0, 0.1) is 15.9 Å². The maximum Gasteiger partial charge on any atom is 0.295 e. The Hall–Kier alpha value is -2.22. The van der Waals surface area contributed by atoms with E-state index in [9.17, 15) is 14.5 Å². The Balaban J connectivity index is 1.80. The van der Waals surface area contributed by atoms with Crippen molar-refractivity contribution in [3.05, 3.63) is 45.7 Å². The van der Waals surface area contributed by atoms with Gasteiger partial charge < -0.3 is 9.80 Å². The van der Waals surface area contributed by atoms with E-state index in [0.717, 1.165) is 30.7 Å². The molecule has 0 bridgehead atoms. The van der Waals surface area contributed by atoms with E-state index in [0.29, 0.717) is 18.8 Å². The minimum atomic E-state index is -0.588. The molecule has 8 heteroatoms. The lowest BCUT2D eigenvalue weighted by Gasteiger charge is -2.23. The molecule has 2 heterocycles. The number of nitro benzene ring substituents is 1. The fraction of sp³-hybridized carbons (Fsp3) is 0.357. The summed E-state index contributed by atoms with van der Waals surface area (Å²) in [5.74, 6) is -0.588. The smallest absolute Gasteiger partial charge is 0.295 e. The Morgan fingerprint density at radius 3 is 2.73 bits per heavy atom. The molecule has 2 aromatic rings. The number of halogens is 1. The van der Waals surface area contributed by atoms with Gasteiger partial charge in [-0.2, -0.15) is 0 Å². The molecule has 116 valence electrons. The van der Waals surface area contributed by atoms with Crippen molar-refractivity contribution in [1.29, 1.82) is 0 Å². The van der Waals surface area contributed by atoms with E-state index in [1.54, 1.807) is 17.5 Å². The molecule has 0 aliphatic carbocycles. The van der Waals surface area contributed by atoms with Crippen molar-refractivity contribution in [3.63, 3.8) is 0 Å². The van der Waals surface area contributed by atoms with Crippen LogP contribution in [0.2, 0.25) is 0 Å². The minimum absolute atomic E-state index is 0.178. The van der Waals surface area contributed by atoms with Gasteiger partial charge in [0, 0.05) is 37.8 Å². The first-order valence-corrected chi connectivity index (χ1v) is 7.86. The molecule has 0 unspecified atom stereocenters. The van der Waals surface area contributed by atoms with Crippen LogP contribution < -0.4 is 9.80 Å². The summed E-state index contributed by atoms with van der Waals surface area (Å²) >= 11 is 1.58. The molecular weight excluding hydrogens is 307 g/mol. The van der Waals surface area contributed by atoms with Crippen LogP contribution in [0.5, 0.6) is 0 Å². The zero-order valence-electron chi connectivity index (χ0n) is 11.8. The van der Waals surface area contributed by atoms with Gasteiger partial charge in [0.25, 0.3) is 5.69 Å². The van der Waals surface area contributed by atoms with Crippen LogP contribution in [-0.2, 0) is 0 Å². The molecule has 0 spiro atoms. The number of aromatic nitrogens is 1. The van der Waals surface area contributed by atoms with E-state index in [1.807, 2.05) is 10.3 Å². The molecule has 1 saturated heterocycles. The molecule has 1 fully saturated rings. The van der Waals surface area contributed by atoms with Gasteiger partial charge in [-0.25, -0.2) is 9.37 Å². The quantitative estimate of drug-likeness (QED) is 0.642. The predicted molar refractivity (Wildman–Crippen MR) is 84.2 cm³/mol. The predicted octanol–water partition coefficient (Wildman–Crippen LogP) is 2.91. The summed E-state index contributed by atoms with van der Waals surface area (Å²) in [6.07, 6.45) is 2.64. The second kappa shape index (κ2) is 6.27. The molecule has 0 atom stereocenters. The summed E-state index contributed by atoms with van der Waals surface area (Å²) in [5.41, 5.74) is 0.301. The molecule has 6 nitrogen and oxygen atoms in total. The molecule has 1 aliphatic heterocycles. The molecule has 0 amide bonds. The maximum absolute atomic E-state index is 13.3. The van der Waals surface area contributed by atoms with E-state index >= 15 is 0 Å². The molecule has 22 heavy (non-hydrogen) atoms. The summed E-state index contributed by atoms with van der Waals surface area (Å²) in [6, 6.07) is 3.75. The third-order valence-corrected chi connectivity index (χ3v) is 4.49. The van der Waals surface area contributed by atoms with Crippen molar-refractivity contribution < 1.29 is 9.31 Å². The summed E-state index contributed by atoms with van der Waals surface area (Å²) in [4.78, 5) is 19.1. The van der Waals surface area contributed by atoms with Crippen molar-refractivity contribution in [2.24, 2.45) is 0 Å². The number of hydrogen-bond acceptors (Lipinski definition) is 6. The lowest BCUT2D eigenvalue weighted by atomic mass is 10.2. The second-order valence-corrected chi connectivity index (χ2v) is 5.91. The van der Waals surface area contributed by atoms with Crippen LogP contribution in [0.4, 0.5) is 20.9 Å². The standard InChI is InChI=1S/C14H15FN4O2S/c15-11-2-3-12(13(10-11)19(20)21)17-5-1-6-18(8-7-17)14-16-4-9-22-14/h2-4,9-10H,1,5-8H2. The highest BCUT2D eigenvalue weighted by atomic mass is 32.1. The number of benzene rings is 1. The average Bonchev–Trinajstić information content (AvgIpc) is 2.92. The van der Waals surface area contributed by atoms with Crippen molar-refractivity contribution in [1.82, 2.24) is 4.98 Å². The normalized spacial score (nSPS) is 15.7. The number of nitro groups is 1. The van der Waals surface area contributed by atoms with Crippen molar-refractivity contribution in [3.8, 4) is 0 Å².